The topological polar surface area (TPSA) is 57.9 Å². The van der Waals surface area contributed by atoms with Crippen LogP contribution in [0.1, 0.15) is 25.7 Å². The largest absolute Gasteiger partial charge is 0.222 e. The fraction of sp³-hybridized carbons (Fsp3) is 0.462. The Morgan fingerprint density at radius 3 is 2.28 bits per heavy atom. The van der Waals surface area contributed by atoms with E-state index < -0.39 is 20.9 Å². The van der Waals surface area contributed by atoms with Gasteiger partial charge < -0.3 is 0 Å². The van der Waals surface area contributed by atoms with E-state index in [0.717, 1.165) is 37.8 Å². The smallest absolute Gasteiger partial charge is 0.194 e. The third kappa shape index (κ3) is 2.39. The molecule has 3 nitrogen and oxygen atoms in total. The molecule has 1 aromatic carbocycles. The second kappa shape index (κ2) is 5.07. The van der Waals surface area contributed by atoms with Crippen molar-refractivity contribution in [1.29, 1.82) is 5.26 Å². The summed E-state index contributed by atoms with van der Waals surface area (Å²) in [6.45, 7) is 0. The number of sulfone groups is 1. The predicted molar refractivity (Wildman–Crippen MR) is 64.9 cm³/mol. The number of rotatable bonds is 3. The van der Waals surface area contributed by atoms with Crippen molar-refractivity contribution < 1.29 is 12.8 Å². The molecule has 1 saturated carbocycles. The Balaban J connectivity index is 2.34. The van der Waals surface area contributed by atoms with Gasteiger partial charge in [-0.05, 0) is 43.0 Å². The van der Waals surface area contributed by atoms with Crippen LogP contribution in [0.15, 0.2) is 29.2 Å². The van der Waals surface area contributed by atoms with Crippen LogP contribution in [-0.4, -0.2) is 13.7 Å². The van der Waals surface area contributed by atoms with Crippen molar-refractivity contribution in [3.05, 3.63) is 30.1 Å². The van der Waals surface area contributed by atoms with Crippen LogP contribution in [-0.2, 0) is 9.84 Å². The molecule has 1 aliphatic carbocycles. The van der Waals surface area contributed by atoms with Crippen LogP contribution < -0.4 is 0 Å². The van der Waals surface area contributed by atoms with Crippen LogP contribution in [0.2, 0.25) is 0 Å². The molecule has 1 atom stereocenters. The monoisotopic (exact) mass is 267 g/mol. The maximum Gasteiger partial charge on any atom is 0.194 e. The molecule has 1 fully saturated rings. The molecule has 0 amide bonds. The van der Waals surface area contributed by atoms with Gasteiger partial charge in [0.05, 0.1) is 11.0 Å². The van der Waals surface area contributed by atoms with E-state index >= 15 is 0 Å². The molecule has 0 bridgehead atoms. The van der Waals surface area contributed by atoms with E-state index in [4.69, 9.17) is 5.26 Å². The second-order valence-corrected chi connectivity index (χ2v) is 6.66. The van der Waals surface area contributed by atoms with Gasteiger partial charge in [-0.15, -0.1) is 0 Å². The number of nitrogens with zero attached hydrogens (tertiary/aromatic N) is 1. The predicted octanol–water partition coefficient (Wildman–Crippen LogP) is 2.68. The molecule has 18 heavy (non-hydrogen) atoms. The highest BCUT2D eigenvalue weighted by molar-refractivity contribution is 7.92. The zero-order valence-electron chi connectivity index (χ0n) is 9.84. The van der Waals surface area contributed by atoms with Gasteiger partial charge in [0.2, 0.25) is 0 Å². The van der Waals surface area contributed by atoms with Crippen LogP contribution in [0.5, 0.6) is 0 Å². The van der Waals surface area contributed by atoms with Crippen LogP contribution >= 0.6 is 0 Å². The standard InChI is InChI=1S/C13H14FNO2S/c14-11-5-7-12(8-6-11)18(16,17)13(9-15)10-3-1-2-4-10/h5-8,10,13H,1-4H2. The first kappa shape index (κ1) is 13.0. The summed E-state index contributed by atoms with van der Waals surface area (Å²) in [4.78, 5) is 0.0300. The number of benzene rings is 1. The van der Waals surface area contributed by atoms with E-state index in [1.165, 1.54) is 12.1 Å². The summed E-state index contributed by atoms with van der Waals surface area (Å²) in [7, 11) is -3.68. The summed E-state index contributed by atoms with van der Waals surface area (Å²) in [6, 6.07) is 6.58. The SMILES string of the molecule is N#CC(C1CCCC1)S(=O)(=O)c1ccc(F)cc1. The summed E-state index contributed by atoms with van der Waals surface area (Å²) in [5.41, 5.74) is 0. The lowest BCUT2D eigenvalue weighted by molar-refractivity contribution is 0.525. The molecule has 1 unspecified atom stereocenters. The highest BCUT2D eigenvalue weighted by atomic mass is 32.2. The van der Waals surface area contributed by atoms with Crippen LogP contribution in [0.3, 0.4) is 0 Å². The first-order valence-corrected chi connectivity index (χ1v) is 7.49. The van der Waals surface area contributed by atoms with Crippen molar-refractivity contribution in [3.63, 3.8) is 0 Å². The van der Waals surface area contributed by atoms with Crippen molar-refractivity contribution in [2.75, 3.05) is 0 Å². The van der Waals surface area contributed by atoms with Crippen LogP contribution in [0.25, 0.3) is 0 Å². The molecule has 1 aromatic rings. The lowest BCUT2D eigenvalue weighted by atomic mass is 10.1. The van der Waals surface area contributed by atoms with Crippen molar-refractivity contribution in [1.82, 2.24) is 0 Å². The van der Waals surface area contributed by atoms with Crippen molar-refractivity contribution in [3.8, 4) is 6.07 Å². The third-order valence-corrected chi connectivity index (χ3v) is 5.52. The number of hydrogen-bond donors (Lipinski definition) is 0. The first-order chi connectivity index (χ1) is 8.55. The molecule has 0 radical (unpaired) electrons. The zero-order valence-corrected chi connectivity index (χ0v) is 10.7. The summed E-state index contributed by atoms with van der Waals surface area (Å²) >= 11 is 0. The Morgan fingerprint density at radius 1 is 1.22 bits per heavy atom. The van der Waals surface area contributed by atoms with Gasteiger partial charge in [-0.25, -0.2) is 12.8 Å². The quantitative estimate of drug-likeness (QED) is 0.791. The number of hydrogen-bond acceptors (Lipinski definition) is 3. The average Bonchev–Trinajstić information content (AvgIpc) is 2.84. The fourth-order valence-corrected chi connectivity index (χ4v) is 4.19. The average molecular weight is 267 g/mol. The highest BCUT2D eigenvalue weighted by Gasteiger charge is 2.36. The molecule has 0 saturated heterocycles. The summed E-state index contributed by atoms with van der Waals surface area (Å²) < 4.78 is 37.4. The second-order valence-electron chi connectivity index (χ2n) is 4.59. The molecule has 0 spiro atoms. The Bertz CT molecular complexity index is 554. The summed E-state index contributed by atoms with van der Waals surface area (Å²) in [5, 5.41) is 8.13. The minimum Gasteiger partial charge on any atom is -0.222 e. The summed E-state index contributed by atoms with van der Waals surface area (Å²) in [6.07, 6.45) is 3.50. The van der Waals surface area contributed by atoms with Gasteiger partial charge in [0.15, 0.2) is 15.1 Å². The third-order valence-electron chi connectivity index (χ3n) is 3.43. The lowest BCUT2D eigenvalue weighted by Gasteiger charge is -2.16. The molecule has 0 aromatic heterocycles. The van der Waals surface area contributed by atoms with Gasteiger partial charge in [-0.3, -0.25) is 0 Å². The van der Waals surface area contributed by atoms with Crippen molar-refractivity contribution in [2.24, 2.45) is 5.92 Å². The highest BCUT2D eigenvalue weighted by Crippen LogP contribution is 2.33. The molecule has 0 N–H and O–H groups in total. The summed E-state index contributed by atoms with van der Waals surface area (Å²) in [5.74, 6) is -0.576. The normalized spacial score (nSPS) is 18.4. The van der Waals surface area contributed by atoms with E-state index in [2.05, 4.69) is 0 Å². The maximum absolute atomic E-state index is 12.8. The first-order valence-electron chi connectivity index (χ1n) is 5.95. The molecular weight excluding hydrogens is 253 g/mol. The van der Waals surface area contributed by atoms with Crippen molar-refractivity contribution >= 4 is 9.84 Å². The van der Waals surface area contributed by atoms with E-state index in [9.17, 15) is 12.8 Å². The zero-order chi connectivity index (χ0) is 13.2. The van der Waals surface area contributed by atoms with E-state index in [1.807, 2.05) is 6.07 Å². The number of halogens is 1. The Kier molecular flexibility index (Phi) is 3.67. The molecular formula is C13H14FNO2S. The molecule has 2 rings (SSSR count). The van der Waals surface area contributed by atoms with Crippen LogP contribution in [0, 0.1) is 23.1 Å². The van der Waals surface area contributed by atoms with Gasteiger partial charge in [0.25, 0.3) is 0 Å². The molecule has 0 heterocycles. The number of nitriles is 1. The van der Waals surface area contributed by atoms with Gasteiger partial charge in [0.1, 0.15) is 5.82 Å². The van der Waals surface area contributed by atoms with E-state index in [1.54, 1.807) is 0 Å². The van der Waals surface area contributed by atoms with E-state index in [0.29, 0.717) is 0 Å². The molecule has 1 aliphatic rings. The minimum absolute atomic E-state index is 0.0300. The van der Waals surface area contributed by atoms with Gasteiger partial charge in [-0.1, -0.05) is 12.8 Å². The molecule has 0 aliphatic heterocycles. The Labute approximate surface area is 106 Å². The Hall–Kier alpha value is -1.41. The molecule has 96 valence electrons. The van der Waals surface area contributed by atoms with Gasteiger partial charge in [-0.2, -0.15) is 5.26 Å². The van der Waals surface area contributed by atoms with Crippen molar-refractivity contribution in [2.45, 2.75) is 35.8 Å². The Morgan fingerprint density at radius 2 is 1.78 bits per heavy atom. The lowest BCUT2D eigenvalue weighted by Crippen LogP contribution is -2.27. The minimum atomic E-state index is -3.68. The van der Waals surface area contributed by atoms with Gasteiger partial charge >= 0.3 is 0 Å². The molecule has 5 heteroatoms. The maximum atomic E-state index is 12.8. The van der Waals surface area contributed by atoms with Gasteiger partial charge in [0, 0.05) is 0 Å². The van der Waals surface area contributed by atoms with E-state index in [-0.39, 0.29) is 10.8 Å². The fourth-order valence-electron chi connectivity index (χ4n) is 2.46. The van der Waals surface area contributed by atoms with Crippen LogP contribution in [0.4, 0.5) is 4.39 Å².